The first-order valence-corrected chi connectivity index (χ1v) is 5.52. The molecular weight excluding hydrogens is 204 g/mol. The second kappa shape index (κ2) is 4.04. The average Bonchev–Trinajstić information content (AvgIpc) is 2.27. The molecule has 0 bridgehead atoms. The maximum Gasteiger partial charge on any atom is 0.337 e. The standard InChI is InChI=1S/C12H16N2O2/c1-3-14-8(2)7-13-11-9(12(15)16)5-4-6-10(11)14/h4-6,8,13H,3,7H2,1-2H3,(H,15,16). The number of carboxylic acid groups (broad SMARTS) is 1. The van der Waals surface area contributed by atoms with Crippen LogP contribution in [-0.2, 0) is 0 Å². The molecule has 1 aliphatic rings. The van der Waals surface area contributed by atoms with Crippen LogP contribution in [0.3, 0.4) is 0 Å². The normalized spacial score (nSPS) is 18.9. The average molecular weight is 220 g/mol. The third kappa shape index (κ3) is 1.60. The van der Waals surface area contributed by atoms with E-state index < -0.39 is 5.97 Å². The summed E-state index contributed by atoms with van der Waals surface area (Å²) < 4.78 is 0. The maximum absolute atomic E-state index is 11.1. The summed E-state index contributed by atoms with van der Waals surface area (Å²) in [4.78, 5) is 13.3. The lowest BCUT2D eigenvalue weighted by Crippen LogP contribution is -2.42. The van der Waals surface area contributed by atoms with Crippen molar-refractivity contribution in [3.05, 3.63) is 23.8 Å². The van der Waals surface area contributed by atoms with Crippen molar-refractivity contribution in [3.8, 4) is 0 Å². The van der Waals surface area contributed by atoms with E-state index in [0.29, 0.717) is 11.6 Å². The molecule has 1 heterocycles. The fourth-order valence-electron chi connectivity index (χ4n) is 2.22. The fraction of sp³-hybridized carbons (Fsp3) is 0.417. The Bertz CT molecular complexity index is 417. The molecule has 0 saturated heterocycles. The minimum Gasteiger partial charge on any atom is -0.478 e. The molecule has 1 aromatic rings. The lowest BCUT2D eigenvalue weighted by Gasteiger charge is -2.37. The number of carboxylic acids is 1. The van der Waals surface area contributed by atoms with Crippen molar-refractivity contribution in [2.45, 2.75) is 19.9 Å². The summed E-state index contributed by atoms with van der Waals surface area (Å²) in [6.45, 7) is 5.88. The topological polar surface area (TPSA) is 52.6 Å². The summed E-state index contributed by atoms with van der Waals surface area (Å²) in [5, 5.41) is 12.3. The van der Waals surface area contributed by atoms with E-state index >= 15 is 0 Å². The number of hydrogen-bond donors (Lipinski definition) is 2. The Morgan fingerprint density at radius 3 is 3.00 bits per heavy atom. The van der Waals surface area contributed by atoms with Crippen LogP contribution >= 0.6 is 0 Å². The van der Waals surface area contributed by atoms with Crippen molar-refractivity contribution in [3.63, 3.8) is 0 Å². The molecule has 2 rings (SSSR count). The minimum absolute atomic E-state index is 0.350. The van der Waals surface area contributed by atoms with Crippen LogP contribution in [-0.4, -0.2) is 30.2 Å². The summed E-state index contributed by atoms with van der Waals surface area (Å²) in [5.74, 6) is -0.880. The zero-order valence-corrected chi connectivity index (χ0v) is 9.53. The number of rotatable bonds is 2. The molecule has 0 aliphatic carbocycles. The van der Waals surface area contributed by atoms with Crippen LogP contribution in [0.15, 0.2) is 18.2 Å². The number of nitrogens with zero attached hydrogens (tertiary/aromatic N) is 1. The van der Waals surface area contributed by atoms with Crippen molar-refractivity contribution in [1.82, 2.24) is 0 Å². The van der Waals surface area contributed by atoms with Gasteiger partial charge in [0.1, 0.15) is 0 Å². The molecule has 1 unspecified atom stereocenters. The molecule has 16 heavy (non-hydrogen) atoms. The molecule has 1 atom stereocenters. The van der Waals surface area contributed by atoms with Gasteiger partial charge in [-0.25, -0.2) is 4.79 Å². The molecule has 0 spiro atoms. The number of aromatic carboxylic acids is 1. The molecule has 2 N–H and O–H groups in total. The number of benzene rings is 1. The Hall–Kier alpha value is -1.71. The molecule has 4 nitrogen and oxygen atoms in total. The van der Waals surface area contributed by atoms with Gasteiger partial charge in [0.25, 0.3) is 0 Å². The van der Waals surface area contributed by atoms with Gasteiger partial charge in [0.05, 0.1) is 16.9 Å². The van der Waals surface area contributed by atoms with Gasteiger partial charge in [0.15, 0.2) is 0 Å². The van der Waals surface area contributed by atoms with Crippen molar-refractivity contribution in [2.24, 2.45) is 0 Å². The van der Waals surface area contributed by atoms with Crippen LogP contribution in [0.4, 0.5) is 11.4 Å². The van der Waals surface area contributed by atoms with Crippen LogP contribution in [0.1, 0.15) is 24.2 Å². The Balaban J connectivity index is 2.52. The highest BCUT2D eigenvalue weighted by atomic mass is 16.4. The summed E-state index contributed by atoms with van der Waals surface area (Å²) >= 11 is 0. The van der Waals surface area contributed by atoms with Gasteiger partial charge in [0.2, 0.25) is 0 Å². The highest BCUT2D eigenvalue weighted by molar-refractivity contribution is 5.98. The van der Waals surface area contributed by atoms with Gasteiger partial charge in [-0.3, -0.25) is 0 Å². The summed E-state index contributed by atoms with van der Waals surface area (Å²) in [7, 11) is 0. The molecule has 0 aromatic heterocycles. The van der Waals surface area contributed by atoms with E-state index in [-0.39, 0.29) is 0 Å². The van der Waals surface area contributed by atoms with Crippen molar-refractivity contribution < 1.29 is 9.90 Å². The molecule has 4 heteroatoms. The molecule has 1 aliphatic heterocycles. The van der Waals surface area contributed by atoms with Crippen LogP contribution in [0.25, 0.3) is 0 Å². The Labute approximate surface area is 94.9 Å². The van der Waals surface area contributed by atoms with Crippen molar-refractivity contribution in [1.29, 1.82) is 0 Å². The first-order valence-electron chi connectivity index (χ1n) is 5.52. The molecule has 1 aromatic carbocycles. The SMILES string of the molecule is CCN1c2cccc(C(=O)O)c2NCC1C. The molecular formula is C12H16N2O2. The lowest BCUT2D eigenvalue weighted by molar-refractivity contribution is 0.0698. The van der Waals surface area contributed by atoms with Gasteiger partial charge >= 0.3 is 5.97 Å². The summed E-state index contributed by atoms with van der Waals surface area (Å²) in [5.41, 5.74) is 2.08. The zero-order valence-electron chi connectivity index (χ0n) is 9.53. The highest BCUT2D eigenvalue weighted by Gasteiger charge is 2.24. The van der Waals surface area contributed by atoms with Crippen LogP contribution in [0, 0.1) is 0 Å². The largest absolute Gasteiger partial charge is 0.478 e. The molecule has 0 radical (unpaired) electrons. The Morgan fingerprint density at radius 1 is 1.62 bits per heavy atom. The van der Waals surface area contributed by atoms with Crippen LogP contribution < -0.4 is 10.2 Å². The van der Waals surface area contributed by atoms with Crippen LogP contribution in [0.5, 0.6) is 0 Å². The summed E-state index contributed by atoms with van der Waals surface area (Å²) in [6, 6.07) is 5.79. The van der Waals surface area contributed by atoms with Gasteiger partial charge in [-0.05, 0) is 26.0 Å². The third-order valence-electron chi connectivity index (χ3n) is 3.03. The predicted molar refractivity (Wildman–Crippen MR) is 64.4 cm³/mol. The first kappa shape index (κ1) is 10.8. The smallest absolute Gasteiger partial charge is 0.337 e. The number of anilines is 2. The lowest BCUT2D eigenvalue weighted by atomic mass is 10.1. The van der Waals surface area contributed by atoms with Gasteiger partial charge in [-0.1, -0.05) is 6.07 Å². The van der Waals surface area contributed by atoms with Gasteiger partial charge < -0.3 is 15.3 Å². The number of likely N-dealkylation sites (N-methyl/N-ethyl adjacent to an activating group) is 1. The van der Waals surface area contributed by atoms with E-state index in [1.807, 2.05) is 6.07 Å². The number of para-hydroxylation sites is 1. The number of fused-ring (bicyclic) bond motifs is 1. The second-order valence-corrected chi connectivity index (χ2v) is 4.02. The quantitative estimate of drug-likeness (QED) is 0.800. The van der Waals surface area contributed by atoms with E-state index in [1.54, 1.807) is 12.1 Å². The Kier molecular flexibility index (Phi) is 2.73. The third-order valence-corrected chi connectivity index (χ3v) is 3.03. The van der Waals surface area contributed by atoms with E-state index in [0.717, 1.165) is 24.5 Å². The number of nitrogens with one attached hydrogen (secondary N) is 1. The van der Waals surface area contributed by atoms with Gasteiger partial charge in [0, 0.05) is 19.1 Å². The maximum atomic E-state index is 11.1. The Morgan fingerprint density at radius 2 is 2.38 bits per heavy atom. The van der Waals surface area contributed by atoms with Crippen molar-refractivity contribution in [2.75, 3.05) is 23.3 Å². The van der Waals surface area contributed by atoms with Gasteiger partial charge in [-0.2, -0.15) is 0 Å². The predicted octanol–water partition coefficient (Wildman–Crippen LogP) is 2.03. The van der Waals surface area contributed by atoms with E-state index in [9.17, 15) is 4.79 Å². The minimum atomic E-state index is -0.880. The first-order chi connectivity index (χ1) is 7.65. The van der Waals surface area contributed by atoms with Crippen LogP contribution in [0.2, 0.25) is 0 Å². The highest BCUT2D eigenvalue weighted by Crippen LogP contribution is 2.34. The molecule has 0 fully saturated rings. The van der Waals surface area contributed by atoms with Crippen molar-refractivity contribution >= 4 is 17.3 Å². The molecule has 0 amide bonds. The van der Waals surface area contributed by atoms with E-state index in [2.05, 4.69) is 24.1 Å². The van der Waals surface area contributed by atoms with E-state index in [4.69, 9.17) is 5.11 Å². The molecule has 86 valence electrons. The van der Waals surface area contributed by atoms with Gasteiger partial charge in [-0.15, -0.1) is 0 Å². The number of carbonyl (C=O) groups is 1. The second-order valence-electron chi connectivity index (χ2n) is 4.02. The fourth-order valence-corrected chi connectivity index (χ4v) is 2.22. The summed E-state index contributed by atoms with van der Waals surface area (Å²) in [6.07, 6.45) is 0. The molecule has 0 saturated carbocycles. The number of hydrogen-bond acceptors (Lipinski definition) is 3. The van der Waals surface area contributed by atoms with E-state index in [1.165, 1.54) is 0 Å². The zero-order chi connectivity index (χ0) is 11.7. The monoisotopic (exact) mass is 220 g/mol.